The molecule has 0 aliphatic heterocycles. The summed E-state index contributed by atoms with van der Waals surface area (Å²) < 4.78 is 7.02. The van der Waals surface area contributed by atoms with Crippen LogP contribution in [-0.4, -0.2) is 28.0 Å². The molecule has 0 unspecified atom stereocenters. The van der Waals surface area contributed by atoms with Gasteiger partial charge in [0.05, 0.1) is 12.3 Å². The predicted molar refractivity (Wildman–Crippen MR) is 122 cm³/mol. The lowest BCUT2D eigenvalue weighted by molar-refractivity contribution is 0.0531. The summed E-state index contributed by atoms with van der Waals surface area (Å²) in [5.74, 6) is -0.291. The van der Waals surface area contributed by atoms with E-state index in [0.29, 0.717) is 33.9 Å². The summed E-state index contributed by atoms with van der Waals surface area (Å²) in [6, 6.07) is 6.31. The average Bonchev–Trinajstić information content (AvgIpc) is 3.19. The van der Waals surface area contributed by atoms with Crippen LogP contribution in [0.3, 0.4) is 0 Å². The molecule has 158 valence electrons. The second-order valence-electron chi connectivity index (χ2n) is 7.41. The van der Waals surface area contributed by atoms with E-state index < -0.39 is 5.97 Å². The van der Waals surface area contributed by atoms with E-state index in [4.69, 9.17) is 4.74 Å². The summed E-state index contributed by atoms with van der Waals surface area (Å²) in [6.45, 7) is 14.4. The number of hydrogen-bond acceptors (Lipinski definition) is 5. The molecule has 0 aliphatic carbocycles. The lowest BCUT2D eigenvalue weighted by atomic mass is 10.0. The Morgan fingerprint density at radius 1 is 1.33 bits per heavy atom. The van der Waals surface area contributed by atoms with E-state index in [2.05, 4.69) is 48.9 Å². The Kier molecular flexibility index (Phi) is 6.41. The number of ether oxygens (including phenoxy) is 1. The number of thiazole rings is 1. The van der Waals surface area contributed by atoms with E-state index in [9.17, 15) is 9.59 Å². The minimum atomic E-state index is -0.425. The highest BCUT2D eigenvalue weighted by Gasteiger charge is 2.23. The van der Waals surface area contributed by atoms with Gasteiger partial charge in [-0.3, -0.25) is 10.1 Å². The number of nitrogens with one attached hydrogen (secondary N) is 1. The van der Waals surface area contributed by atoms with Crippen molar-refractivity contribution in [3.63, 3.8) is 0 Å². The quantitative estimate of drug-likeness (QED) is 0.403. The largest absolute Gasteiger partial charge is 0.462 e. The van der Waals surface area contributed by atoms with Crippen LogP contribution in [0.2, 0.25) is 0 Å². The SMILES string of the molecule is C=CCn1c(C(=O)Nc2nc(C)c(C(=O)OCC)s2)c(C)c2cc(C(C)C)ccc21. The van der Waals surface area contributed by atoms with Gasteiger partial charge in [0.15, 0.2) is 5.13 Å². The highest BCUT2D eigenvalue weighted by atomic mass is 32.1. The standard InChI is InChI=1S/C23H27N3O3S/c1-7-11-26-18-10-9-16(13(3)4)12-17(18)14(5)19(26)21(27)25-23-24-15(6)20(30-23)22(28)29-8-2/h7,9-10,12-13H,1,8,11H2,2-6H3,(H,24,25,27). The molecule has 3 rings (SSSR count). The summed E-state index contributed by atoms with van der Waals surface area (Å²) in [6.07, 6.45) is 1.78. The normalized spacial score (nSPS) is 11.1. The summed E-state index contributed by atoms with van der Waals surface area (Å²) in [5, 5.41) is 4.28. The molecule has 2 heterocycles. The molecule has 0 aliphatic rings. The lowest BCUT2D eigenvalue weighted by Crippen LogP contribution is -2.18. The third-order valence-electron chi connectivity index (χ3n) is 5.01. The topological polar surface area (TPSA) is 73.2 Å². The van der Waals surface area contributed by atoms with Gasteiger partial charge in [0.2, 0.25) is 0 Å². The number of rotatable bonds is 7. The van der Waals surface area contributed by atoms with Gasteiger partial charge < -0.3 is 9.30 Å². The number of esters is 1. The Hall–Kier alpha value is -2.93. The van der Waals surface area contributed by atoms with Crippen molar-refractivity contribution < 1.29 is 14.3 Å². The summed E-state index contributed by atoms with van der Waals surface area (Å²) in [5.41, 5.74) is 4.23. The maximum absolute atomic E-state index is 13.2. The zero-order chi connectivity index (χ0) is 22.0. The summed E-state index contributed by atoms with van der Waals surface area (Å²) in [4.78, 5) is 30.0. The number of fused-ring (bicyclic) bond motifs is 1. The van der Waals surface area contributed by atoms with Gasteiger partial charge in [0.1, 0.15) is 10.6 Å². The number of allylic oxidation sites excluding steroid dienone is 1. The molecule has 0 saturated heterocycles. The van der Waals surface area contributed by atoms with Crippen LogP contribution in [0.25, 0.3) is 10.9 Å². The molecule has 0 bridgehead atoms. The molecular weight excluding hydrogens is 398 g/mol. The van der Waals surface area contributed by atoms with Gasteiger partial charge in [-0.2, -0.15) is 0 Å². The van der Waals surface area contributed by atoms with Gasteiger partial charge in [0.25, 0.3) is 5.91 Å². The average molecular weight is 426 g/mol. The minimum absolute atomic E-state index is 0.263. The number of carbonyl (C=O) groups is 2. The molecule has 6 nitrogen and oxygen atoms in total. The summed E-state index contributed by atoms with van der Waals surface area (Å²) in [7, 11) is 0. The fourth-order valence-corrected chi connectivity index (χ4v) is 4.36. The summed E-state index contributed by atoms with van der Waals surface area (Å²) >= 11 is 1.12. The molecule has 1 N–H and O–H groups in total. The number of nitrogens with zero attached hydrogens (tertiary/aromatic N) is 2. The zero-order valence-electron chi connectivity index (χ0n) is 18.0. The first-order valence-corrected chi connectivity index (χ1v) is 10.8. The number of amides is 1. The Balaban J connectivity index is 2.01. The molecule has 3 aromatic rings. The number of hydrogen-bond donors (Lipinski definition) is 1. The van der Waals surface area contributed by atoms with Crippen molar-refractivity contribution in [2.24, 2.45) is 0 Å². The number of aromatic nitrogens is 2. The van der Waals surface area contributed by atoms with Gasteiger partial charge in [0, 0.05) is 17.4 Å². The Morgan fingerprint density at radius 2 is 2.07 bits per heavy atom. The van der Waals surface area contributed by atoms with Gasteiger partial charge in [-0.15, -0.1) is 6.58 Å². The number of aryl methyl sites for hydroxylation is 2. The third-order valence-corrected chi connectivity index (χ3v) is 6.06. The van der Waals surface area contributed by atoms with E-state index in [-0.39, 0.29) is 12.5 Å². The van der Waals surface area contributed by atoms with Gasteiger partial charge >= 0.3 is 5.97 Å². The smallest absolute Gasteiger partial charge is 0.350 e. The zero-order valence-corrected chi connectivity index (χ0v) is 18.9. The molecule has 7 heteroatoms. The van der Waals surface area contributed by atoms with Gasteiger partial charge in [-0.25, -0.2) is 9.78 Å². The van der Waals surface area contributed by atoms with Crippen LogP contribution in [0.1, 0.15) is 63.7 Å². The first-order chi connectivity index (χ1) is 14.3. The molecule has 0 saturated carbocycles. The van der Waals surface area contributed by atoms with E-state index in [0.717, 1.165) is 27.8 Å². The van der Waals surface area contributed by atoms with Crippen LogP contribution in [0.4, 0.5) is 5.13 Å². The van der Waals surface area contributed by atoms with E-state index in [1.54, 1.807) is 19.9 Å². The van der Waals surface area contributed by atoms with Crippen molar-refractivity contribution in [1.82, 2.24) is 9.55 Å². The van der Waals surface area contributed by atoms with Gasteiger partial charge in [-0.05, 0) is 49.9 Å². The molecule has 1 aromatic carbocycles. The molecule has 0 fully saturated rings. The van der Waals surface area contributed by atoms with Crippen molar-refractivity contribution in [1.29, 1.82) is 0 Å². The molecular formula is C23H27N3O3S. The van der Waals surface area contributed by atoms with Crippen molar-refractivity contribution >= 4 is 39.2 Å². The fraction of sp³-hybridized carbons (Fsp3) is 0.348. The third kappa shape index (κ3) is 4.03. The second kappa shape index (κ2) is 8.83. The lowest BCUT2D eigenvalue weighted by Gasteiger charge is -2.09. The first-order valence-electron chi connectivity index (χ1n) is 9.97. The van der Waals surface area contributed by atoms with E-state index in [1.165, 1.54) is 5.56 Å². The highest BCUT2D eigenvalue weighted by Crippen LogP contribution is 2.30. The molecule has 0 atom stereocenters. The monoisotopic (exact) mass is 425 g/mol. The van der Waals surface area contributed by atoms with Crippen molar-refractivity contribution in [2.45, 2.75) is 47.1 Å². The minimum Gasteiger partial charge on any atom is -0.462 e. The van der Waals surface area contributed by atoms with Crippen LogP contribution >= 0.6 is 11.3 Å². The van der Waals surface area contributed by atoms with Crippen molar-refractivity contribution in [3.8, 4) is 0 Å². The maximum Gasteiger partial charge on any atom is 0.350 e. The van der Waals surface area contributed by atoms with Crippen LogP contribution < -0.4 is 5.32 Å². The fourth-order valence-electron chi connectivity index (χ4n) is 3.50. The molecule has 1 amide bonds. The predicted octanol–water partition coefficient (Wildman–Crippen LogP) is 5.45. The van der Waals surface area contributed by atoms with E-state index in [1.807, 2.05) is 11.5 Å². The van der Waals surface area contributed by atoms with E-state index >= 15 is 0 Å². The number of anilines is 1. The highest BCUT2D eigenvalue weighted by molar-refractivity contribution is 7.17. The van der Waals surface area contributed by atoms with Crippen molar-refractivity contribution in [3.05, 3.63) is 58.2 Å². The first kappa shape index (κ1) is 21.8. The molecule has 0 radical (unpaired) electrons. The number of carbonyl (C=O) groups excluding carboxylic acids is 2. The van der Waals surface area contributed by atoms with Crippen molar-refractivity contribution in [2.75, 3.05) is 11.9 Å². The molecule has 0 spiro atoms. The van der Waals surface area contributed by atoms with Crippen LogP contribution in [0, 0.1) is 13.8 Å². The molecule has 2 aromatic heterocycles. The second-order valence-corrected chi connectivity index (χ2v) is 8.41. The Labute approximate surface area is 180 Å². The van der Waals surface area contributed by atoms with Crippen LogP contribution in [0.5, 0.6) is 0 Å². The van der Waals surface area contributed by atoms with Crippen LogP contribution in [-0.2, 0) is 11.3 Å². The molecule has 30 heavy (non-hydrogen) atoms. The Bertz CT molecular complexity index is 1120. The van der Waals surface area contributed by atoms with Crippen LogP contribution in [0.15, 0.2) is 30.9 Å². The number of benzene rings is 1. The maximum atomic E-state index is 13.2. The van der Waals surface area contributed by atoms with Gasteiger partial charge in [-0.1, -0.05) is 37.3 Å². The Morgan fingerprint density at radius 3 is 2.70 bits per heavy atom.